The molecule has 0 heterocycles. The second-order valence-corrected chi connectivity index (χ2v) is 6.58. The number of ether oxygens (including phenoxy) is 1. The van der Waals surface area contributed by atoms with Crippen LogP contribution in [0.1, 0.15) is 12.5 Å². The Morgan fingerprint density at radius 1 is 1.29 bits per heavy atom. The summed E-state index contributed by atoms with van der Waals surface area (Å²) in [6.45, 7) is -0.736. The van der Waals surface area contributed by atoms with Gasteiger partial charge in [0, 0.05) is 17.7 Å². The zero-order valence-corrected chi connectivity index (χ0v) is 15.9. The van der Waals surface area contributed by atoms with Crippen LogP contribution in [0.4, 0.5) is 20.2 Å². The summed E-state index contributed by atoms with van der Waals surface area (Å²) in [7, 11) is 1.79. The Morgan fingerprint density at radius 3 is 2.50 bits per heavy atom. The lowest BCUT2D eigenvalue weighted by molar-refractivity contribution is -0.907. The number of benzene rings is 2. The molecule has 10 heteroatoms. The van der Waals surface area contributed by atoms with Gasteiger partial charge in [0.05, 0.1) is 22.7 Å². The summed E-state index contributed by atoms with van der Waals surface area (Å²) in [5.74, 6) is -0.305. The summed E-state index contributed by atoms with van der Waals surface area (Å²) in [5, 5.41) is 13.7. The van der Waals surface area contributed by atoms with Gasteiger partial charge in [-0.2, -0.15) is 8.78 Å². The number of nitrogens with zero attached hydrogens (tertiary/aromatic N) is 1. The van der Waals surface area contributed by atoms with E-state index in [0.717, 1.165) is 10.5 Å². The molecule has 0 fully saturated rings. The van der Waals surface area contributed by atoms with Gasteiger partial charge in [-0.3, -0.25) is 14.9 Å². The number of nitro benzene ring substituents is 1. The zero-order chi connectivity index (χ0) is 20.8. The fraction of sp³-hybridized carbons (Fsp3) is 0.278. The Morgan fingerprint density at radius 2 is 1.93 bits per heavy atom. The number of hydrogen-bond donors (Lipinski definition) is 2. The predicted octanol–water partition coefficient (Wildman–Crippen LogP) is 2.89. The van der Waals surface area contributed by atoms with Crippen LogP contribution in [-0.4, -0.2) is 30.5 Å². The molecular formula is C18H19ClF2N3O4+. The van der Waals surface area contributed by atoms with Gasteiger partial charge in [-0.1, -0.05) is 11.6 Å². The van der Waals surface area contributed by atoms with Crippen molar-refractivity contribution in [1.82, 2.24) is 0 Å². The first-order chi connectivity index (χ1) is 13.2. The van der Waals surface area contributed by atoms with Gasteiger partial charge >= 0.3 is 6.61 Å². The van der Waals surface area contributed by atoms with E-state index in [1.807, 2.05) is 0 Å². The molecule has 150 valence electrons. The van der Waals surface area contributed by atoms with Crippen LogP contribution >= 0.6 is 11.6 Å². The highest BCUT2D eigenvalue weighted by Gasteiger charge is 2.23. The molecule has 0 aliphatic rings. The number of rotatable bonds is 8. The third-order valence-electron chi connectivity index (χ3n) is 4.18. The summed E-state index contributed by atoms with van der Waals surface area (Å²) >= 11 is 6.00. The molecule has 0 saturated carbocycles. The van der Waals surface area contributed by atoms with Gasteiger partial charge in [0.1, 0.15) is 12.3 Å². The van der Waals surface area contributed by atoms with Gasteiger partial charge in [-0.05, 0) is 37.3 Å². The molecule has 1 amide bonds. The largest absolute Gasteiger partial charge is 0.435 e. The number of quaternary nitrogens is 1. The molecule has 2 aromatic rings. The monoisotopic (exact) mass is 414 g/mol. The van der Waals surface area contributed by atoms with E-state index in [2.05, 4.69) is 10.1 Å². The number of halogens is 3. The average molecular weight is 415 g/mol. The first-order valence-electron chi connectivity index (χ1n) is 8.28. The van der Waals surface area contributed by atoms with Gasteiger partial charge < -0.3 is 15.0 Å². The normalized spacial score (nSPS) is 13.1. The molecule has 1 unspecified atom stereocenters. The van der Waals surface area contributed by atoms with Crippen molar-refractivity contribution in [3.63, 3.8) is 0 Å². The Labute approximate surface area is 165 Å². The standard InChI is InChI=1S/C18H18ClF2N3O4/c1-11(17(25)22-16-9-13(24(26)27)5-8-15(16)19)23(2)10-12-3-6-14(7-4-12)28-18(20)21/h3-9,11,18H,10H2,1-2H3,(H,22,25)/p+1/t11-/m1/s1. The minimum absolute atomic E-state index is 0.0579. The second-order valence-electron chi connectivity index (χ2n) is 6.18. The number of carbonyl (C=O) groups is 1. The quantitative estimate of drug-likeness (QED) is 0.513. The molecular weight excluding hydrogens is 396 g/mol. The Bertz CT molecular complexity index is 849. The van der Waals surface area contributed by atoms with Crippen molar-refractivity contribution in [3.05, 3.63) is 63.2 Å². The molecule has 2 aromatic carbocycles. The van der Waals surface area contributed by atoms with Crippen LogP contribution in [0.3, 0.4) is 0 Å². The molecule has 2 rings (SSSR count). The number of hydrogen-bond acceptors (Lipinski definition) is 4. The Kier molecular flexibility index (Phi) is 7.24. The molecule has 2 atom stereocenters. The van der Waals surface area contributed by atoms with Gasteiger partial charge in [0.2, 0.25) is 0 Å². The third-order valence-corrected chi connectivity index (χ3v) is 4.51. The van der Waals surface area contributed by atoms with Crippen molar-refractivity contribution in [1.29, 1.82) is 0 Å². The fourth-order valence-electron chi connectivity index (χ4n) is 2.45. The van der Waals surface area contributed by atoms with E-state index in [4.69, 9.17) is 11.6 Å². The van der Waals surface area contributed by atoms with Gasteiger partial charge in [-0.15, -0.1) is 0 Å². The van der Waals surface area contributed by atoms with Crippen molar-refractivity contribution in [2.75, 3.05) is 12.4 Å². The van der Waals surface area contributed by atoms with Gasteiger partial charge in [0.25, 0.3) is 11.6 Å². The van der Waals surface area contributed by atoms with Crippen molar-refractivity contribution >= 4 is 28.9 Å². The first kappa shape index (κ1) is 21.5. The van der Waals surface area contributed by atoms with Crippen molar-refractivity contribution < 1.29 is 28.1 Å². The zero-order valence-electron chi connectivity index (χ0n) is 15.1. The van der Waals surface area contributed by atoms with E-state index in [1.54, 1.807) is 26.1 Å². The molecule has 7 nitrogen and oxygen atoms in total. The minimum Gasteiger partial charge on any atom is -0.435 e. The molecule has 0 aliphatic carbocycles. The third kappa shape index (κ3) is 5.86. The number of nitrogens with one attached hydrogen (secondary N) is 2. The van der Waals surface area contributed by atoms with Crippen LogP contribution in [0.25, 0.3) is 0 Å². The topological polar surface area (TPSA) is 85.9 Å². The SMILES string of the molecule is C[C@H](C(=O)Nc1cc([N+](=O)[O-])ccc1Cl)[NH+](C)Cc1ccc(OC(F)F)cc1. The molecule has 0 aliphatic heterocycles. The van der Waals surface area contributed by atoms with Crippen LogP contribution in [0.15, 0.2) is 42.5 Å². The molecule has 0 aromatic heterocycles. The van der Waals surface area contributed by atoms with E-state index >= 15 is 0 Å². The van der Waals surface area contributed by atoms with Crippen LogP contribution in [0.5, 0.6) is 5.75 Å². The Hall–Kier alpha value is -2.78. The highest BCUT2D eigenvalue weighted by molar-refractivity contribution is 6.33. The summed E-state index contributed by atoms with van der Waals surface area (Å²) in [5.41, 5.74) is 0.806. The number of amides is 1. The van der Waals surface area contributed by atoms with E-state index in [1.165, 1.54) is 30.3 Å². The number of likely N-dealkylation sites (N-methyl/N-ethyl adjacent to an activating group) is 1. The summed E-state index contributed by atoms with van der Waals surface area (Å²) in [4.78, 5) is 23.6. The Balaban J connectivity index is 2.00. The van der Waals surface area contributed by atoms with Crippen LogP contribution in [0, 0.1) is 10.1 Å². The average Bonchev–Trinajstić information content (AvgIpc) is 2.63. The number of anilines is 1. The number of non-ortho nitro benzene ring substituents is 1. The summed E-state index contributed by atoms with van der Waals surface area (Å²) < 4.78 is 28.7. The molecule has 0 saturated heterocycles. The molecule has 28 heavy (non-hydrogen) atoms. The predicted molar refractivity (Wildman–Crippen MR) is 99.9 cm³/mol. The fourth-order valence-corrected chi connectivity index (χ4v) is 2.62. The van der Waals surface area contributed by atoms with Crippen molar-refractivity contribution in [2.24, 2.45) is 0 Å². The lowest BCUT2D eigenvalue weighted by atomic mass is 10.1. The van der Waals surface area contributed by atoms with Gasteiger partial charge in [0.15, 0.2) is 6.04 Å². The molecule has 2 N–H and O–H groups in total. The lowest BCUT2D eigenvalue weighted by Gasteiger charge is -2.21. The minimum atomic E-state index is -2.89. The number of carbonyl (C=O) groups excluding carboxylic acids is 1. The number of alkyl halides is 2. The summed E-state index contributed by atoms with van der Waals surface area (Å²) in [6.07, 6.45) is 0. The van der Waals surface area contributed by atoms with E-state index < -0.39 is 17.6 Å². The highest BCUT2D eigenvalue weighted by Crippen LogP contribution is 2.26. The molecule has 0 spiro atoms. The molecule has 0 bridgehead atoms. The van der Waals surface area contributed by atoms with Gasteiger partial charge in [-0.25, -0.2) is 0 Å². The van der Waals surface area contributed by atoms with E-state index in [0.29, 0.717) is 6.54 Å². The van der Waals surface area contributed by atoms with E-state index in [9.17, 15) is 23.7 Å². The lowest BCUT2D eigenvalue weighted by Crippen LogP contribution is -3.12. The van der Waals surface area contributed by atoms with E-state index in [-0.39, 0.29) is 28.1 Å². The van der Waals surface area contributed by atoms with Crippen molar-refractivity contribution in [2.45, 2.75) is 26.1 Å². The van der Waals surface area contributed by atoms with Crippen LogP contribution < -0.4 is 15.0 Å². The first-order valence-corrected chi connectivity index (χ1v) is 8.66. The maximum absolute atomic E-state index is 12.5. The maximum Gasteiger partial charge on any atom is 0.387 e. The second kappa shape index (κ2) is 9.43. The molecule has 0 radical (unpaired) electrons. The van der Waals surface area contributed by atoms with Crippen LogP contribution in [-0.2, 0) is 11.3 Å². The summed E-state index contributed by atoms with van der Waals surface area (Å²) in [6, 6.07) is 9.44. The van der Waals surface area contributed by atoms with Crippen molar-refractivity contribution in [3.8, 4) is 5.75 Å². The van der Waals surface area contributed by atoms with Crippen LogP contribution in [0.2, 0.25) is 5.02 Å². The smallest absolute Gasteiger partial charge is 0.387 e. The highest BCUT2D eigenvalue weighted by atomic mass is 35.5. The maximum atomic E-state index is 12.5. The number of nitro groups is 1.